The molecule has 0 radical (unpaired) electrons. The Hall–Kier alpha value is -0.0400. The van der Waals surface area contributed by atoms with E-state index in [1.807, 2.05) is 0 Å². The molecule has 0 bridgehead atoms. The lowest BCUT2D eigenvalue weighted by atomic mass is 9.60. The number of rotatable bonds is 1. The summed E-state index contributed by atoms with van der Waals surface area (Å²) in [6.45, 7) is 5.02. The molecule has 0 aromatic carbocycles. The van der Waals surface area contributed by atoms with Gasteiger partial charge in [0.2, 0.25) is 0 Å². The highest BCUT2D eigenvalue weighted by Crippen LogP contribution is 2.49. The Morgan fingerprint density at radius 3 is 2.27 bits per heavy atom. The maximum Gasteiger partial charge on any atom is -0.00461 e. The fourth-order valence-corrected chi connectivity index (χ4v) is 2.66. The maximum atomic E-state index is 3.43. The van der Waals surface area contributed by atoms with Crippen LogP contribution < -0.4 is 5.32 Å². The molecule has 2 fully saturated rings. The summed E-state index contributed by atoms with van der Waals surface area (Å²) in [7, 11) is 0. The van der Waals surface area contributed by atoms with Gasteiger partial charge in [-0.05, 0) is 50.1 Å². The van der Waals surface area contributed by atoms with Crippen molar-refractivity contribution >= 4 is 0 Å². The van der Waals surface area contributed by atoms with Crippen LogP contribution >= 0.6 is 0 Å². The van der Waals surface area contributed by atoms with Crippen molar-refractivity contribution in [1.82, 2.24) is 5.32 Å². The van der Waals surface area contributed by atoms with E-state index in [9.17, 15) is 0 Å². The summed E-state index contributed by atoms with van der Waals surface area (Å²) < 4.78 is 0. The third-order valence-electron chi connectivity index (χ3n) is 3.82. The van der Waals surface area contributed by atoms with Gasteiger partial charge >= 0.3 is 0 Å². The van der Waals surface area contributed by atoms with Gasteiger partial charge in [0.25, 0.3) is 0 Å². The van der Waals surface area contributed by atoms with Crippen molar-refractivity contribution < 1.29 is 0 Å². The molecule has 1 aliphatic carbocycles. The zero-order valence-corrected chi connectivity index (χ0v) is 7.53. The highest BCUT2D eigenvalue weighted by Gasteiger charge is 2.39. The first-order valence-electron chi connectivity index (χ1n) is 5.02. The van der Waals surface area contributed by atoms with E-state index in [-0.39, 0.29) is 0 Å². The van der Waals surface area contributed by atoms with Gasteiger partial charge in [-0.2, -0.15) is 0 Å². The second-order valence-corrected chi connectivity index (χ2v) is 4.53. The van der Waals surface area contributed by atoms with Crippen molar-refractivity contribution in [2.24, 2.45) is 11.3 Å². The predicted octanol–water partition coefficient (Wildman–Crippen LogP) is 2.18. The number of hydrogen-bond donors (Lipinski definition) is 1. The Labute approximate surface area is 69.6 Å². The van der Waals surface area contributed by atoms with Crippen LogP contribution in [0, 0.1) is 11.3 Å². The standard InChI is InChI=1S/C10H19N/c1-10(5-2-6-10)9-3-7-11-8-4-9/h9,11H,2-8H2,1H3. The second-order valence-electron chi connectivity index (χ2n) is 4.53. The van der Waals surface area contributed by atoms with Crippen LogP contribution in [0.2, 0.25) is 0 Å². The van der Waals surface area contributed by atoms with E-state index < -0.39 is 0 Å². The minimum atomic E-state index is 0.752. The van der Waals surface area contributed by atoms with Gasteiger partial charge in [0.15, 0.2) is 0 Å². The molecule has 2 rings (SSSR count). The maximum absolute atomic E-state index is 3.43. The molecule has 1 N–H and O–H groups in total. The fraction of sp³-hybridized carbons (Fsp3) is 1.00. The summed E-state index contributed by atoms with van der Waals surface area (Å²) >= 11 is 0. The molecule has 64 valence electrons. The monoisotopic (exact) mass is 153 g/mol. The first-order chi connectivity index (χ1) is 5.31. The largest absolute Gasteiger partial charge is 0.317 e. The molecule has 0 amide bonds. The van der Waals surface area contributed by atoms with Crippen LogP contribution in [0.3, 0.4) is 0 Å². The van der Waals surface area contributed by atoms with Gasteiger partial charge in [0, 0.05) is 0 Å². The SMILES string of the molecule is CC1(C2CCNCC2)CCC1. The summed E-state index contributed by atoms with van der Waals surface area (Å²) in [5, 5.41) is 3.43. The lowest BCUT2D eigenvalue weighted by Gasteiger charge is -2.47. The molecule has 1 saturated heterocycles. The lowest BCUT2D eigenvalue weighted by Crippen LogP contribution is -2.40. The third kappa shape index (κ3) is 1.31. The average molecular weight is 153 g/mol. The fourth-order valence-electron chi connectivity index (χ4n) is 2.66. The van der Waals surface area contributed by atoms with E-state index in [0.29, 0.717) is 0 Å². The predicted molar refractivity (Wildman–Crippen MR) is 47.6 cm³/mol. The van der Waals surface area contributed by atoms with Crippen LogP contribution in [0.15, 0.2) is 0 Å². The molecule has 1 nitrogen and oxygen atoms in total. The summed E-state index contributed by atoms with van der Waals surface area (Å²) in [5.74, 6) is 1.04. The van der Waals surface area contributed by atoms with Gasteiger partial charge in [-0.25, -0.2) is 0 Å². The molecule has 11 heavy (non-hydrogen) atoms. The average Bonchev–Trinajstić information content (AvgIpc) is 2.02. The third-order valence-corrected chi connectivity index (χ3v) is 3.82. The molecule has 1 saturated carbocycles. The molecule has 0 aromatic rings. The van der Waals surface area contributed by atoms with E-state index >= 15 is 0 Å². The number of hydrogen-bond acceptors (Lipinski definition) is 1. The Kier molecular flexibility index (Phi) is 1.92. The molecule has 1 heteroatoms. The summed E-state index contributed by atoms with van der Waals surface area (Å²) in [5.41, 5.74) is 0.752. The van der Waals surface area contributed by atoms with Gasteiger partial charge in [-0.15, -0.1) is 0 Å². The van der Waals surface area contributed by atoms with Crippen LogP contribution in [-0.4, -0.2) is 13.1 Å². The molecule has 0 spiro atoms. The molecule has 0 aromatic heterocycles. The smallest absolute Gasteiger partial charge is 0.00461 e. The van der Waals surface area contributed by atoms with E-state index in [1.54, 1.807) is 0 Å². The molecular formula is C10H19N. The Morgan fingerprint density at radius 1 is 1.18 bits per heavy atom. The molecular weight excluding hydrogens is 134 g/mol. The van der Waals surface area contributed by atoms with E-state index in [0.717, 1.165) is 11.3 Å². The van der Waals surface area contributed by atoms with Crippen LogP contribution in [0.4, 0.5) is 0 Å². The second kappa shape index (κ2) is 2.78. The summed E-state index contributed by atoms with van der Waals surface area (Å²) in [6.07, 6.45) is 7.34. The van der Waals surface area contributed by atoms with Crippen LogP contribution in [-0.2, 0) is 0 Å². The van der Waals surface area contributed by atoms with Crippen LogP contribution in [0.25, 0.3) is 0 Å². The molecule has 0 unspecified atom stereocenters. The lowest BCUT2D eigenvalue weighted by molar-refractivity contribution is 0.0507. The van der Waals surface area contributed by atoms with E-state index in [2.05, 4.69) is 12.2 Å². The first kappa shape index (κ1) is 7.60. The molecule has 1 heterocycles. The van der Waals surface area contributed by atoms with Gasteiger partial charge in [0.05, 0.1) is 0 Å². The molecule has 2 aliphatic rings. The van der Waals surface area contributed by atoms with E-state index in [4.69, 9.17) is 0 Å². The summed E-state index contributed by atoms with van der Waals surface area (Å²) in [6, 6.07) is 0. The highest BCUT2D eigenvalue weighted by atomic mass is 14.9. The normalized spacial score (nSPS) is 31.4. The first-order valence-corrected chi connectivity index (χ1v) is 5.02. The highest BCUT2D eigenvalue weighted by molar-refractivity contribution is 4.91. The molecule has 1 aliphatic heterocycles. The minimum absolute atomic E-state index is 0.752. The minimum Gasteiger partial charge on any atom is -0.317 e. The number of nitrogens with one attached hydrogen (secondary N) is 1. The quantitative estimate of drug-likeness (QED) is 0.609. The van der Waals surface area contributed by atoms with Gasteiger partial charge in [0.1, 0.15) is 0 Å². The van der Waals surface area contributed by atoms with Crippen molar-refractivity contribution in [2.75, 3.05) is 13.1 Å². The van der Waals surface area contributed by atoms with Crippen molar-refractivity contribution in [3.05, 3.63) is 0 Å². The van der Waals surface area contributed by atoms with Crippen molar-refractivity contribution in [3.63, 3.8) is 0 Å². The number of piperidine rings is 1. The Balaban J connectivity index is 1.91. The van der Waals surface area contributed by atoms with E-state index in [1.165, 1.54) is 45.2 Å². The van der Waals surface area contributed by atoms with Crippen molar-refractivity contribution in [2.45, 2.75) is 39.0 Å². The van der Waals surface area contributed by atoms with Gasteiger partial charge in [-0.1, -0.05) is 13.3 Å². The van der Waals surface area contributed by atoms with Crippen molar-refractivity contribution in [3.8, 4) is 0 Å². The summed E-state index contributed by atoms with van der Waals surface area (Å²) in [4.78, 5) is 0. The topological polar surface area (TPSA) is 12.0 Å². The Morgan fingerprint density at radius 2 is 1.82 bits per heavy atom. The van der Waals surface area contributed by atoms with Gasteiger partial charge < -0.3 is 5.32 Å². The zero-order chi connectivity index (χ0) is 7.73. The zero-order valence-electron chi connectivity index (χ0n) is 7.53. The molecule has 0 atom stereocenters. The Bertz CT molecular complexity index is 132. The van der Waals surface area contributed by atoms with Crippen molar-refractivity contribution in [1.29, 1.82) is 0 Å². The van der Waals surface area contributed by atoms with Crippen LogP contribution in [0.1, 0.15) is 39.0 Å². The van der Waals surface area contributed by atoms with Crippen LogP contribution in [0.5, 0.6) is 0 Å². The van der Waals surface area contributed by atoms with Gasteiger partial charge in [-0.3, -0.25) is 0 Å².